The molecule has 1 aromatic heterocycles. The van der Waals surface area contributed by atoms with Crippen LogP contribution in [0, 0.1) is 6.92 Å². The van der Waals surface area contributed by atoms with Crippen molar-refractivity contribution in [2.45, 2.75) is 13.6 Å². The molecule has 30 heavy (non-hydrogen) atoms. The molecule has 4 rings (SSSR count). The first kappa shape index (κ1) is 19.9. The van der Waals surface area contributed by atoms with Crippen molar-refractivity contribution in [2.24, 2.45) is 0 Å². The highest BCUT2D eigenvalue weighted by Gasteiger charge is 2.13. The number of hydrogen-bond acceptors (Lipinski definition) is 4. The van der Waals surface area contributed by atoms with Gasteiger partial charge in [-0.3, -0.25) is 9.69 Å². The number of nitrogens with zero attached hydrogens (tertiary/aromatic N) is 3. The summed E-state index contributed by atoms with van der Waals surface area (Å²) in [5.41, 5.74) is 2.89. The maximum Gasteiger partial charge on any atom is 0.275 e. The first-order chi connectivity index (χ1) is 14.6. The van der Waals surface area contributed by atoms with Crippen LogP contribution in [0.3, 0.4) is 0 Å². The second-order valence-corrected chi connectivity index (χ2v) is 7.45. The van der Waals surface area contributed by atoms with Crippen molar-refractivity contribution >= 4 is 10.8 Å². The van der Waals surface area contributed by atoms with E-state index in [1.807, 2.05) is 97.7 Å². The van der Waals surface area contributed by atoms with Crippen LogP contribution < -0.4 is 10.3 Å². The molecule has 5 heteroatoms. The molecule has 4 aromatic rings. The van der Waals surface area contributed by atoms with Gasteiger partial charge >= 0.3 is 0 Å². The molecule has 0 N–H and O–H groups in total. The van der Waals surface area contributed by atoms with Crippen molar-refractivity contribution in [1.82, 2.24) is 14.7 Å². The van der Waals surface area contributed by atoms with Crippen LogP contribution in [0.2, 0.25) is 0 Å². The number of rotatable bonds is 7. The lowest BCUT2D eigenvalue weighted by molar-refractivity contribution is 0.196. The van der Waals surface area contributed by atoms with Gasteiger partial charge in [0.25, 0.3) is 5.56 Å². The monoisotopic (exact) mass is 399 g/mol. The first-order valence-electron chi connectivity index (χ1n) is 10.0. The van der Waals surface area contributed by atoms with Crippen LogP contribution in [0.5, 0.6) is 5.75 Å². The van der Waals surface area contributed by atoms with Crippen molar-refractivity contribution in [2.75, 3.05) is 20.2 Å². The molecule has 0 saturated heterocycles. The largest absolute Gasteiger partial charge is 0.492 e. The van der Waals surface area contributed by atoms with E-state index in [-0.39, 0.29) is 5.56 Å². The molecule has 0 saturated carbocycles. The van der Waals surface area contributed by atoms with Gasteiger partial charge in [0.15, 0.2) is 0 Å². The third-order valence-corrected chi connectivity index (χ3v) is 5.02. The Balaban J connectivity index is 1.55. The Hall–Kier alpha value is -3.44. The van der Waals surface area contributed by atoms with E-state index in [4.69, 9.17) is 9.84 Å². The summed E-state index contributed by atoms with van der Waals surface area (Å²) >= 11 is 0. The Kier molecular flexibility index (Phi) is 5.91. The fourth-order valence-electron chi connectivity index (χ4n) is 3.46. The second kappa shape index (κ2) is 8.93. The average Bonchev–Trinajstić information content (AvgIpc) is 2.76. The maximum atomic E-state index is 13.0. The lowest BCUT2D eigenvalue weighted by Crippen LogP contribution is -2.34. The molecule has 1 heterocycles. The summed E-state index contributed by atoms with van der Waals surface area (Å²) < 4.78 is 7.38. The van der Waals surface area contributed by atoms with Crippen LogP contribution in [0.4, 0.5) is 0 Å². The predicted molar refractivity (Wildman–Crippen MR) is 121 cm³/mol. The van der Waals surface area contributed by atoms with Crippen molar-refractivity contribution in [3.05, 3.63) is 94.8 Å². The lowest BCUT2D eigenvalue weighted by atomic mass is 10.1. The molecule has 0 unspecified atom stereocenters. The van der Waals surface area contributed by atoms with Crippen LogP contribution in [0.15, 0.2) is 83.7 Å². The molecular weight excluding hydrogens is 374 g/mol. The molecule has 0 aliphatic carbocycles. The highest BCUT2D eigenvalue weighted by molar-refractivity contribution is 5.93. The van der Waals surface area contributed by atoms with Crippen LogP contribution in [0.25, 0.3) is 22.0 Å². The molecule has 0 bridgehead atoms. The minimum Gasteiger partial charge on any atom is -0.492 e. The quantitative estimate of drug-likeness (QED) is 0.464. The van der Waals surface area contributed by atoms with Crippen molar-refractivity contribution < 1.29 is 4.74 Å². The average molecular weight is 399 g/mol. The van der Waals surface area contributed by atoms with Gasteiger partial charge in [0, 0.05) is 17.5 Å². The molecule has 0 atom stereocenters. The summed E-state index contributed by atoms with van der Waals surface area (Å²) in [5, 5.41) is 6.26. The Labute approximate surface area is 176 Å². The number of fused-ring (bicyclic) bond motifs is 1. The Morgan fingerprint density at radius 2 is 1.67 bits per heavy atom. The highest BCUT2D eigenvalue weighted by Crippen LogP contribution is 2.24. The highest BCUT2D eigenvalue weighted by atomic mass is 16.5. The number of hydrogen-bond donors (Lipinski definition) is 0. The third kappa shape index (κ3) is 4.42. The van der Waals surface area contributed by atoms with Crippen molar-refractivity contribution in [1.29, 1.82) is 0 Å². The van der Waals surface area contributed by atoms with Gasteiger partial charge < -0.3 is 4.74 Å². The zero-order chi connectivity index (χ0) is 20.9. The Morgan fingerprint density at radius 1 is 0.933 bits per heavy atom. The van der Waals surface area contributed by atoms with Gasteiger partial charge in [-0.25, -0.2) is 4.68 Å². The summed E-state index contributed by atoms with van der Waals surface area (Å²) in [6.45, 7) is 3.64. The summed E-state index contributed by atoms with van der Waals surface area (Å²) in [6, 6.07) is 25.6. The van der Waals surface area contributed by atoms with E-state index >= 15 is 0 Å². The zero-order valence-corrected chi connectivity index (χ0v) is 17.3. The predicted octanol–water partition coefficient (Wildman–Crippen LogP) is 4.34. The van der Waals surface area contributed by atoms with Gasteiger partial charge in [-0.2, -0.15) is 5.10 Å². The second-order valence-electron chi connectivity index (χ2n) is 7.45. The molecule has 5 nitrogen and oxygen atoms in total. The van der Waals surface area contributed by atoms with Crippen LogP contribution in [-0.4, -0.2) is 34.9 Å². The molecular formula is C25H25N3O2. The van der Waals surface area contributed by atoms with Gasteiger partial charge in [-0.15, -0.1) is 0 Å². The Morgan fingerprint density at radius 3 is 2.43 bits per heavy atom. The molecule has 0 spiro atoms. The standard InChI is InChI=1S/C25H25N3O2/c1-19-9-8-12-21(17-19)30-16-15-27(2)18-28-25(29)23-14-7-6-13-22(23)24(26-28)20-10-4-3-5-11-20/h3-14,17H,15-16,18H2,1-2H3. The molecule has 0 aliphatic heterocycles. The number of benzene rings is 3. The summed E-state index contributed by atoms with van der Waals surface area (Å²) in [4.78, 5) is 15.1. The SMILES string of the molecule is Cc1cccc(OCCN(C)Cn2nc(-c3ccccc3)c3ccccc3c2=O)c1. The van der Waals surface area contributed by atoms with Gasteiger partial charge in [0.1, 0.15) is 12.4 Å². The van der Waals surface area contributed by atoms with E-state index in [0.29, 0.717) is 25.2 Å². The van der Waals surface area contributed by atoms with Crippen molar-refractivity contribution in [3.8, 4) is 17.0 Å². The number of aromatic nitrogens is 2. The van der Waals surface area contributed by atoms with E-state index in [1.54, 1.807) is 0 Å². The van der Waals surface area contributed by atoms with E-state index in [2.05, 4.69) is 0 Å². The molecule has 0 fully saturated rings. The molecule has 3 aromatic carbocycles. The first-order valence-corrected chi connectivity index (χ1v) is 10.0. The van der Waals surface area contributed by atoms with Crippen molar-refractivity contribution in [3.63, 3.8) is 0 Å². The van der Waals surface area contributed by atoms with Crippen LogP contribution in [0.1, 0.15) is 5.56 Å². The zero-order valence-electron chi connectivity index (χ0n) is 17.3. The summed E-state index contributed by atoms with van der Waals surface area (Å²) in [6.07, 6.45) is 0. The molecule has 152 valence electrons. The minimum absolute atomic E-state index is 0.0864. The smallest absolute Gasteiger partial charge is 0.275 e. The number of ether oxygens (including phenoxy) is 1. The summed E-state index contributed by atoms with van der Waals surface area (Å²) in [5.74, 6) is 0.857. The third-order valence-electron chi connectivity index (χ3n) is 5.02. The van der Waals surface area contributed by atoms with E-state index in [1.165, 1.54) is 10.2 Å². The van der Waals surface area contributed by atoms with Gasteiger partial charge in [-0.1, -0.05) is 60.7 Å². The topological polar surface area (TPSA) is 47.4 Å². The molecule has 0 radical (unpaired) electrons. The fraction of sp³-hybridized carbons (Fsp3) is 0.200. The van der Waals surface area contributed by atoms with Crippen LogP contribution >= 0.6 is 0 Å². The normalized spacial score (nSPS) is 11.2. The Bertz CT molecular complexity index is 1200. The molecule has 0 amide bonds. The van der Waals surface area contributed by atoms with Gasteiger partial charge in [-0.05, 0) is 37.7 Å². The number of likely N-dealkylation sites (N-methyl/N-ethyl adjacent to an activating group) is 1. The van der Waals surface area contributed by atoms with Crippen LogP contribution in [-0.2, 0) is 6.67 Å². The summed E-state index contributed by atoms with van der Waals surface area (Å²) in [7, 11) is 1.96. The van der Waals surface area contributed by atoms with Gasteiger partial charge in [0.2, 0.25) is 0 Å². The van der Waals surface area contributed by atoms with Gasteiger partial charge in [0.05, 0.1) is 17.7 Å². The number of aryl methyl sites for hydroxylation is 1. The van der Waals surface area contributed by atoms with E-state index in [0.717, 1.165) is 22.4 Å². The lowest BCUT2D eigenvalue weighted by Gasteiger charge is -2.19. The molecule has 0 aliphatic rings. The fourth-order valence-corrected chi connectivity index (χ4v) is 3.46. The van der Waals surface area contributed by atoms with E-state index in [9.17, 15) is 4.79 Å². The van der Waals surface area contributed by atoms with E-state index < -0.39 is 0 Å². The maximum absolute atomic E-state index is 13.0. The minimum atomic E-state index is -0.0864.